The van der Waals surface area contributed by atoms with Crippen molar-refractivity contribution in [2.24, 2.45) is 0 Å². The van der Waals surface area contributed by atoms with Gasteiger partial charge in [0.25, 0.3) is 5.91 Å². The van der Waals surface area contributed by atoms with Crippen LogP contribution in [0.1, 0.15) is 45.4 Å². The molecule has 0 bridgehead atoms. The maximum atomic E-state index is 12.8. The first-order valence-electron chi connectivity index (χ1n) is 8.19. The number of hydrogen-bond donors (Lipinski definition) is 0. The van der Waals surface area contributed by atoms with Crippen LogP contribution in [0.4, 0.5) is 0 Å². The van der Waals surface area contributed by atoms with Crippen molar-refractivity contribution in [3.8, 4) is 0 Å². The predicted molar refractivity (Wildman–Crippen MR) is 88.1 cm³/mol. The second-order valence-electron chi connectivity index (χ2n) is 6.34. The number of benzene rings is 1. The molecule has 2 atom stereocenters. The van der Waals surface area contributed by atoms with E-state index in [4.69, 9.17) is 9.05 Å². The van der Waals surface area contributed by atoms with Gasteiger partial charge < -0.3 is 13.9 Å². The van der Waals surface area contributed by atoms with Crippen LogP contribution in [0.3, 0.4) is 0 Å². The van der Waals surface area contributed by atoms with Gasteiger partial charge in [0, 0.05) is 25.1 Å². The standard InChI is InChI=1S/C18H18N4O3/c1-11-8-16(21-24-11)18(23)22-9-14(13-6-4-3-5-7-13)15(10-22)17-19-12(2)20-25-17/h3-8,14-15H,9-10H2,1-2H3/t14-,15-/m1/s1. The maximum absolute atomic E-state index is 12.8. The van der Waals surface area contributed by atoms with Crippen molar-refractivity contribution in [3.63, 3.8) is 0 Å². The van der Waals surface area contributed by atoms with E-state index >= 15 is 0 Å². The first-order valence-corrected chi connectivity index (χ1v) is 8.19. The van der Waals surface area contributed by atoms with Crippen molar-refractivity contribution in [3.05, 3.63) is 65.1 Å². The monoisotopic (exact) mass is 338 g/mol. The smallest absolute Gasteiger partial charge is 0.276 e. The Bertz CT molecular complexity index is 887. The molecule has 1 aliphatic heterocycles. The van der Waals surface area contributed by atoms with Gasteiger partial charge in [-0.05, 0) is 19.4 Å². The van der Waals surface area contributed by atoms with E-state index in [1.165, 1.54) is 0 Å². The highest BCUT2D eigenvalue weighted by Gasteiger charge is 2.40. The first-order chi connectivity index (χ1) is 12.1. The van der Waals surface area contributed by atoms with Crippen LogP contribution >= 0.6 is 0 Å². The van der Waals surface area contributed by atoms with Crippen molar-refractivity contribution in [2.45, 2.75) is 25.7 Å². The number of aromatic nitrogens is 3. The lowest BCUT2D eigenvalue weighted by Gasteiger charge is -2.15. The molecule has 1 fully saturated rings. The number of nitrogens with zero attached hydrogens (tertiary/aromatic N) is 4. The number of amides is 1. The van der Waals surface area contributed by atoms with Gasteiger partial charge in [-0.1, -0.05) is 40.6 Å². The van der Waals surface area contributed by atoms with Gasteiger partial charge in [0.1, 0.15) is 5.76 Å². The van der Waals surface area contributed by atoms with E-state index in [1.807, 2.05) is 18.2 Å². The molecule has 128 valence electrons. The highest BCUT2D eigenvalue weighted by Crippen LogP contribution is 2.39. The zero-order valence-electron chi connectivity index (χ0n) is 14.0. The number of carbonyl (C=O) groups excluding carboxylic acids is 1. The molecular weight excluding hydrogens is 320 g/mol. The molecule has 0 unspecified atom stereocenters. The minimum absolute atomic E-state index is 0.0412. The summed E-state index contributed by atoms with van der Waals surface area (Å²) in [5.74, 6) is 1.69. The Labute approximate surface area is 144 Å². The lowest BCUT2D eigenvalue weighted by atomic mass is 9.89. The van der Waals surface area contributed by atoms with Gasteiger partial charge in [0.05, 0.1) is 5.92 Å². The summed E-state index contributed by atoms with van der Waals surface area (Å²) < 4.78 is 10.4. The number of rotatable bonds is 3. The van der Waals surface area contributed by atoms with E-state index < -0.39 is 0 Å². The molecule has 7 nitrogen and oxygen atoms in total. The summed E-state index contributed by atoms with van der Waals surface area (Å²) in [6.45, 7) is 4.64. The van der Waals surface area contributed by atoms with Crippen LogP contribution < -0.4 is 0 Å². The van der Waals surface area contributed by atoms with Gasteiger partial charge in [-0.3, -0.25) is 4.79 Å². The number of hydrogen-bond acceptors (Lipinski definition) is 6. The Kier molecular flexibility index (Phi) is 3.83. The van der Waals surface area contributed by atoms with Crippen LogP contribution in [0.25, 0.3) is 0 Å². The summed E-state index contributed by atoms with van der Waals surface area (Å²) in [5.41, 5.74) is 1.47. The highest BCUT2D eigenvalue weighted by atomic mass is 16.5. The first kappa shape index (κ1) is 15.6. The summed E-state index contributed by atoms with van der Waals surface area (Å²) in [5, 5.41) is 7.75. The second kappa shape index (κ2) is 6.16. The van der Waals surface area contributed by atoms with Crippen LogP contribution in [0.15, 0.2) is 45.4 Å². The molecule has 1 aliphatic rings. The van der Waals surface area contributed by atoms with E-state index in [-0.39, 0.29) is 17.7 Å². The number of carbonyl (C=O) groups is 1. The quantitative estimate of drug-likeness (QED) is 0.730. The molecule has 1 aromatic carbocycles. The molecule has 3 heterocycles. The average molecular weight is 338 g/mol. The summed E-state index contributed by atoms with van der Waals surface area (Å²) in [6, 6.07) is 11.8. The van der Waals surface area contributed by atoms with Crippen molar-refractivity contribution in [1.29, 1.82) is 0 Å². The fourth-order valence-corrected chi connectivity index (χ4v) is 3.35. The zero-order valence-corrected chi connectivity index (χ0v) is 14.0. The van der Waals surface area contributed by atoms with E-state index in [0.717, 1.165) is 5.56 Å². The van der Waals surface area contributed by atoms with E-state index in [9.17, 15) is 4.79 Å². The van der Waals surface area contributed by atoms with Crippen molar-refractivity contribution in [2.75, 3.05) is 13.1 Å². The van der Waals surface area contributed by atoms with Gasteiger partial charge >= 0.3 is 0 Å². The molecule has 4 rings (SSSR count). The predicted octanol–water partition coefficient (Wildman–Crippen LogP) is 2.70. The second-order valence-corrected chi connectivity index (χ2v) is 6.34. The molecule has 2 aromatic heterocycles. The Hall–Kier alpha value is -2.96. The van der Waals surface area contributed by atoms with Gasteiger partial charge in [0.15, 0.2) is 11.5 Å². The molecule has 1 amide bonds. The van der Waals surface area contributed by atoms with Gasteiger partial charge in [-0.15, -0.1) is 0 Å². The SMILES string of the molecule is Cc1noc([C@@H]2CN(C(=O)c3cc(C)on3)C[C@@H]2c2ccccc2)n1. The normalized spacial score (nSPS) is 20.2. The topological polar surface area (TPSA) is 85.3 Å². The van der Waals surface area contributed by atoms with Crippen LogP contribution in [-0.4, -0.2) is 39.2 Å². The van der Waals surface area contributed by atoms with Crippen LogP contribution in [0.2, 0.25) is 0 Å². The van der Waals surface area contributed by atoms with Crippen molar-refractivity contribution >= 4 is 5.91 Å². The number of likely N-dealkylation sites (tertiary alicyclic amines) is 1. The molecule has 0 saturated carbocycles. The largest absolute Gasteiger partial charge is 0.361 e. The van der Waals surface area contributed by atoms with Gasteiger partial charge in [0.2, 0.25) is 5.89 Å². The lowest BCUT2D eigenvalue weighted by molar-refractivity contribution is 0.0777. The van der Waals surface area contributed by atoms with Gasteiger partial charge in [-0.25, -0.2) is 0 Å². The lowest BCUT2D eigenvalue weighted by Crippen LogP contribution is -2.29. The summed E-state index contributed by atoms with van der Waals surface area (Å²) in [6.07, 6.45) is 0. The summed E-state index contributed by atoms with van der Waals surface area (Å²) >= 11 is 0. The highest BCUT2D eigenvalue weighted by molar-refractivity contribution is 5.92. The summed E-state index contributed by atoms with van der Waals surface area (Å²) in [4.78, 5) is 18.9. The molecule has 7 heteroatoms. The van der Waals surface area contributed by atoms with Crippen molar-refractivity contribution < 1.29 is 13.8 Å². The Morgan fingerprint density at radius 3 is 2.48 bits per heavy atom. The molecule has 1 saturated heterocycles. The third kappa shape index (κ3) is 2.93. The molecule has 3 aromatic rings. The fraction of sp³-hybridized carbons (Fsp3) is 0.333. The Morgan fingerprint density at radius 2 is 1.84 bits per heavy atom. The molecule has 25 heavy (non-hydrogen) atoms. The molecule has 0 aliphatic carbocycles. The third-order valence-corrected chi connectivity index (χ3v) is 4.54. The van der Waals surface area contributed by atoms with Crippen LogP contribution in [0.5, 0.6) is 0 Å². The molecule has 0 spiro atoms. The molecule has 0 radical (unpaired) electrons. The third-order valence-electron chi connectivity index (χ3n) is 4.54. The maximum Gasteiger partial charge on any atom is 0.276 e. The van der Waals surface area contributed by atoms with E-state index in [1.54, 1.807) is 24.8 Å². The van der Waals surface area contributed by atoms with Crippen LogP contribution in [0, 0.1) is 13.8 Å². The number of aryl methyl sites for hydroxylation is 2. The van der Waals surface area contributed by atoms with Gasteiger partial charge in [-0.2, -0.15) is 4.98 Å². The fourth-order valence-electron chi connectivity index (χ4n) is 3.35. The Balaban J connectivity index is 1.65. The van der Waals surface area contributed by atoms with E-state index in [0.29, 0.717) is 36.3 Å². The molecular formula is C18H18N4O3. The van der Waals surface area contributed by atoms with Crippen molar-refractivity contribution in [1.82, 2.24) is 20.2 Å². The van der Waals surface area contributed by atoms with E-state index in [2.05, 4.69) is 27.4 Å². The van der Waals surface area contributed by atoms with Crippen LogP contribution in [-0.2, 0) is 0 Å². The summed E-state index contributed by atoms with van der Waals surface area (Å²) in [7, 11) is 0. The average Bonchev–Trinajstić information content (AvgIpc) is 3.34. The zero-order chi connectivity index (χ0) is 17.4. The molecule has 0 N–H and O–H groups in total. The minimum Gasteiger partial charge on any atom is -0.361 e. The Morgan fingerprint density at radius 1 is 1.08 bits per heavy atom. The minimum atomic E-state index is -0.142.